The number of aromatic nitrogens is 2. The lowest BCUT2D eigenvalue weighted by molar-refractivity contribution is 0.315. The Hall–Kier alpha value is -0.780. The maximum atomic E-state index is 4.46. The summed E-state index contributed by atoms with van der Waals surface area (Å²) in [4.78, 5) is 11.2. The molecule has 0 saturated carbocycles. The molecule has 0 radical (unpaired) electrons. The monoisotopic (exact) mass is 253 g/mol. The van der Waals surface area contributed by atoms with Gasteiger partial charge in [0.25, 0.3) is 0 Å². The minimum atomic E-state index is 0.892. The fourth-order valence-corrected chi connectivity index (χ4v) is 2.97. The third-order valence-electron chi connectivity index (χ3n) is 2.17. The average Bonchev–Trinajstić information content (AvgIpc) is 2.76. The van der Waals surface area contributed by atoms with Crippen molar-refractivity contribution in [2.75, 3.05) is 7.05 Å². The third-order valence-corrected chi connectivity index (χ3v) is 3.94. The average molecular weight is 253 g/mol. The van der Waals surface area contributed by atoms with E-state index in [0.717, 1.165) is 29.5 Å². The first kappa shape index (κ1) is 11.7. The minimum absolute atomic E-state index is 0.892. The van der Waals surface area contributed by atoms with Gasteiger partial charge in [0.15, 0.2) is 0 Å². The fraction of sp³-hybridized carbons (Fsp3) is 0.455. The number of thiazole rings is 2. The van der Waals surface area contributed by atoms with E-state index >= 15 is 0 Å². The van der Waals surface area contributed by atoms with Crippen molar-refractivity contribution in [3.8, 4) is 0 Å². The van der Waals surface area contributed by atoms with Gasteiger partial charge < -0.3 is 0 Å². The Labute approximate surface area is 104 Å². The molecular formula is C11H15N3S2. The fourth-order valence-electron chi connectivity index (χ4n) is 1.52. The lowest BCUT2D eigenvalue weighted by atomic mass is 10.4. The van der Waals surface area contributed by atoms with E-state index in [4.69, 9.17) is 0 Å². The van der Waals surface area contributed by atoms with E-state index < -0.39 is 0 Å². The molecule has 86 valence electrons. The molecule has 16 heavy (non-hydrogen) atoms. The van der Waals surface area contributed by atoms with Crippen molar-refractivity contribution in [2.24, 2.45) is 0 Å². The predicted molar refractivity (Wildman–Crippen MR) is 68.9 cm³/mol. The van der Waals surface area contributed by atoms with Gasteiger partial charge in [0.2, 0.25) is 0 Å². The molecule has 0 fully saturated rings. The summed E-state index contributed by atoms with van der Waals surface area (Å²) in [6.07, 6.45) is 0. The van der Waals surface area contributed by atoms with Crippen LogP contribution < -0.4 is 0 Å². The first-order valence-corrected chi connectivity index (χ1v) is 6.90. The zero-order chi connectivity index (χ0) is 11.5. The van der Waals surface area contributed by atoms with Crippen molar-refractivity contribution in [3.63, 3.8) is 0 Å². The van der Waals surface area contributed by atoms with Crippen LogP contribution >= 0.6 is 22.7 Å². The largest absolute Gasteiger partial charge is 0.294 e. The van der Waals surface area contributed by atoms with Crippen LogP contribution in [0.3, 0.4) is 0 Å². The Kier molecular flexibility index (Phi) is 3.68. The lowest BCUT2D eigenvalue weighted by Crippen LogP contribution is -2.17. The van der Waals surface area contributed by atoms with Crippen molar-refractivity contribution in [1.29, 1.82) is 0 Å². The second kappa shape index (κ2) is 5.03. The number of nitrogens with zero attached hydrogens (tertiary/aromatic N) is 3. The van der Waals surface area contributed by atoms with Crippen LogP contribution in [0.4, 0.5) is 0 Å². The van der Waals surface area contributed by atoms with E-state index in [0.29, 0.717) is 0 Å². The third kappa shape index (κ3) is 3.10. The molecule has 0 unspecified atom stereocenters. The van der Waals surface area contributed by atoms with Gasteiger partial charge in [0.05, 0.1) is 17.2 Å². The highest BCUT2D eigenvalue weighted by Gasteiger charge is 2.06. The van der Waals surface area contributed by atoms with Crippen molar-refractivity contribution in [3.05, 3.63) is 32.2 Å². The number of hydrogen-bond donors (Lipinski definition) is 0. The van der Waals surface area contributed by atoms with Gasteiger partial charge in [-0.3, -0.25) is 4.90 Å². The molecule has 0 atom stereocenters. The lowest BCUT2D eigenvalue weighted by Gasteiger charge is -2.12. The van der Waals surface area contributed by atoms with Crippen LogP contribution in [0.25, 0.3) is 0 Å². The van der Waals surface area contributed by atoms with Crippen LogP contribution in [-0.2, 0) is 13.1 Å². The van der Waals surface area contributed by atoms with E-state index in [1.165, 1.54) is 5.01 Å². The van der Waals surface area contributed by atoms with Crippen molar-refractivity contribution in [2.45, 2.75) is 26.9 Å². The van der Waals surface area contributed by atoms with Crippen LogP contribution in [0.5, 0.6) is 0 Å². The molecule has 2 heterocycles. The van der Waals surface area contributed by atoms with Gasteiger partial charge in [-0.2, -0.15) is 0 Å². The number of rotatable bonds is 4. The first-order valence-electron chi connectivity index (χ1n) is 5.14. The molecule has 3 nitrogen and oxygen atoms in total. The molecule has 0 saturated heterocycles. The van der Waals surface area contributed by atoms with Gasteiger partial charge in [-0.1, -0.05) is 0 Å². The van der Waals surface area contributed by atoms with Crippen LogP contribution in [0.2, 0.25) is 0 Å². The van der Waals surface area contributed by atoms with E-state index in [1.54, 1.807) is 22.7 Å². The highest BCUT2D eigenvalue weighted by Crippen LogP contribution is 2.14. The summed E-state index contributed by atoms with van der Waals surface area (Å²) < 4.78 is 0. The summed E-state index contributed by atoms with van der Waals surface area (Å²) in [7, 11) is 2.10. The summed E-state index contributed by atoms with van der Waals surface area (Å²) in [6, 6.07) is 0. The smallest absolute Gasteiger partial charge is 0.107 e. The maximum Gasteiger partial charge on any atom is 0.107 e. The van der Waals surface area contributed by atoms with Crippen molar-refractivity contribution < 1.29 is 0 Å². The Bertz CT molecular complexity index is 419. The topological polar surface area (TPSA) is 29.0 Å². The zero-order valence-corrected chi connectivity index (χ0v) is 11.4. The van der Waals surface area contributed by atoms with E-state index in [2.05, 4.69) is 32.7 Å². The summed E-state index contributed by atoms with van der Waals surface area (Å²) in [5.74, 6) is 0. The Morgan fingerprint density at radius 1 is 1.12 bits per heavy atom. The number of aryl methyl sites for hydroxylation is 2. The van der Waals surface area contributed by atoms with E-state index in [-0.39, 0.29) is 0 Å². The van der Waals surface area contributed by atoms with Crippen LogP contribution in [0.15, 0.2) is 10.8 Å². The van der Waals surface area contributed by atoms with Crippen LogP contribution in [-0.4, -0.2) is 21.9 Å². The second-order valence-electron chi connectivity index (χ2n) is 3.91. The Morgan fingerprint density at radius 2 is 1.94 bits per heavy atom. The van der Waals surface area contributed by atoms with Crippen molar-refractivity contribution in [1.82, 2.24) is 14.9 Å². The summed E-state index contributed by atoms with van der Waals surface area (Å²) in [6.45, 7) is 5.86. The van der Waals surface area contributed by atoms with Crippen molar-refractivity contribution >= 4 is 22.7 Å². The van der Waals surface area contributed by atoms with Crippen LogP contribution in [0.1, 0.15) is 21.4 Å². The van der Waals surface area contributed by atoms with Crippen LogP contribution in [0, 0.1) is 13.8 Å². The van der Waals surface area contributed by atoms with Gasteiger partial charge >= 0.3 is 0 Å². The number of hydrogen-bond acceptors (Lipinski definition) is 5. The molecular weight excluding hydrogens is 238 g/mol. The predicted octanol–water partition coefficient (Wildman–Crippen LogP) is 2.85. The molecule has 0 spiro atoms. The standard InChI is InChI=1S/C11H15N3S2/c1-8-6-16-11(12-8)5-14(3)4-10-7-15-9(2)13-10/h6-7H,4-5H2,1-3H3. The normalized spacial score (nSPS) is 11.2. The van der Waals surface area contributed by atoms with Gasteiger partial charge in [-0.05, 0) is 20.9 Å². The molecule has 0 aromatic carbocycles. The zero-order valence-electron chi connectivity index (χ0n) is 9.73. The van der Waals surface area contributed by atoms with Gasteiger partial charge in [-0.25, -0.2) is 9.97 Å². The highest BCUT2D eigenvalue weighted by atomic mass is 32.1. The summed E-state index contributed by atoms with van der Waals surface area (Å²) in [5, 5.41) is 6.52. The highest BCUT2D eigenvalue weighted by molar-refractivity contribution is 7.09. The summed E-state index contributed by atoms with van der Waals surface area (Å²) >= 11 is 3.43. The second-order valence-corrected chi connectivity index (χ2v) is 5.92. The quantitative estimate of drug-likeness (QED) is 0.839. The molecule has 0 amide bonds. The minimum Gasteiger partial charge on any atom is -0.294 e. The Balaban J connectivity index is 1.91. The van der Waals surface area contributed by atoms with Gasteiger partial charge in [0.1, 0.15) is 5.01 Å². The molecule has 0 aliphatic heterocycles. The SMILES string of the molecule is Cc1csc(CN(C)Cc2csc(C)n2)n1. The molecule has 0 bridgehead atoms. The first-order chi connectivity index (χ1) is 7.63. The molecule has 2 aromatic rings. The van der Waals surface area contributed by atoms with E-state index in [9.17, 15) is 0 Å². The maximum absolute atomic E-state index is 4.46. The molecule has 0 aliphatic carbocycles. The van der Waals surface area contributed by atoms with Gasteiger partial charge in [-0.15, -0.1) is 22.7 Å². The van der Waals surface area contributed by atoms with Gasteiger partial charge in [0, 0.05) is 23.0 Å². The Morgan fingerprint density at radius 3 is 2.50 bits per heavy atom. The molecule has 2 aromatic heterocycles. The molecule has 0 aliphatic rings. The molecule has 0 N–H and O–H groups in total. The molecule has 2 rings (SSSR count). The summed E-state index contributed by atoms with van der Waals surface area (Å²) in [5.41, 5.74) is 2.26. The van der Waals surface area contributed by atoms with E-state index in [1.807, 2.05) is 13.8 Å². The molecule has 5 heteroatoms.